The molecule has 16 heavy (non-hydrogen) atoms. The quantitative estimate of drug-likeness (QED) is 0.859. The fourth-order valence-electron chi connectivity index (χ4n) is 1.49. The average molecular weight is 333 g/mol. The number of hydrogen-bond acceptors (Lipinski definition) is 2. The van der Waals surface area contributed by atoms with Crippen molar-refractivity contribution >= 4 is 34.2 Å². The second-order valence-corrected chi connectivity index (χ2v) is 4.92. The van der Waals surface area contributed by atoms with Crippen LogP contribution >= 0.6 is 22.6 Å². The van der Waals surface area contributed by atoms with Gasteiger partial charge in [-0.1, -0.05) is 19.1 Å². The van der Waals surface area contributed by atoms with Gasteiger partial charge in [-0.3, -0.25) is 4.79 Å². The average Bonchev–Trinajstić information content (AvgIpc) is 2.28. The number of anilines is 1. The number of aliphatic hydroxyl groups is 1. The zero-order chi connectivity index (χ0) is 12.1. The molecule has 4 heteroatoms. The molecule has 0 aliphatic carbocycles. The molecule has 1 rings (SSSR count). The van der Waals surface area contributed by atoms with Crippen LogP contribution in [0.15, 0.2) is 24.3 Å². The van der Waals surface area contributed by atoms with Crippen LogP contribution in [0.2, 0.25) is 0 Å². The van der Waals surface area contributed by atoms with Gasteiger partial charge in [-0.25, -0.2) is 0 Å². The van der Waals surface area contributed by atoms with Gasteiger partial charge in [-0.15, -0.1) is 0 Å². The van der Waals surface area contributed by atoms with E-state index in [1.165, 1.54) is 0 Å². The monoisotopic (exact) mass is 333 g/mol. The summed E-state index contributed by atoms with van der Waals surface area (Å²) >= 11 is 2.21. The Hall–Kier alpha value is -0.620. The standard InChI is InChI=1S/C12H16INO2/c1-9(7-8-15)12(16)14(2)11-6-4-3-5-10(11)13/h3-6,9,15H,7-8H2,1-2H3. The zero-order valence-electron chi connectivity index (χ0n) is 9.48. The first-order chi connectivity index (χ1) is 7.57. The third-order valence-corrected chi connectivity index (χ3v) is 3.44. The number of carbonyl (C=O) groups is 1. The largest absolute Gasteiger partial charge is 0.396 e. The molecule has 0 fully saturated rings. The summed E-state index contributed by atoms with van der Waals surface area (Å²) in [6, 6.07) is 7.75. The Labute approximate surface area is 110 Å². The Balaban J connectivity index is 2.82. The van der Waals surface area contributed by atoms with Gasteiger partial charge in [0.25, 0.3) is 0 Å². The van der Waals surface area contributed by atoms with E-state index in [1.54, 1.807) is 11.9 Å². The highest BCUT2D eigenvalue weighted by Gasteiger charge is 2.19. The van der Waals surface area contributed by atoms with Crippen LogP contribution in [0, 0.1) is 9.49 Å². The summed E-state index contributed by atoms with van der Waals surface area (Å²) in [7, 11) is 1.77. The summed E-state index contributed by atoms with van der Waals surface area (Å²) in [6.07, 6.45) is 0.507. The minimum Gasteiger partial charge on any atom is -0.396 e. The Morgan fingerprint density at radius 3 is 2.69 bits per heavy atom. The molecule has 0 radical (unpaired) electrons. The van der Waals surface area contributed by atoms with Crippen molar-refractivity contribution < 1.29 is 9.90 Å². The van der Waals surface area contributed by atoms with Gasteiger partial charge >= 0.3 is 0 Å². The van der Waals surface area contributed by atoms with E-state index >= 15 is 0 Å². The van der Waals surface area contributed by atoms with E-state index in [0.29, 0.717) is 6.42 Å². The summed E-state index contributed by atoms with van der Waals surface area (Å²) in [5.74, 6) is -0.107. The summed E-state index contributed by atoms with van der Waals surface area (Å²) < 4.78 is 1.05. The van der Waals surface area contributed by atoms with Crippen LogP contribution in [0.4, 0.5) is 5.69 Å². The molecular formula is C12H16INO2. The maximum atomic E-state index is 12.0. The first-order valence-corrected chi connectivity index (χ1v) is 6.28. The minimum atomic E-state index is -0.147. The van der Waals surface area contributed by atoms with Crippen LogP contribution in [0.25, 0.3) is 0 Å². The molecule has 1 aromatic rings. The molecular weight excluding hydrogens is 317 g/mol. The van der Waals surface area contributed by atoms with E-state index in [2.05, 4.69) is 22.6 Å². The molecule has 1 N–H and O–H groups in total. The number of hydrogen-bond donors (Lipinski definition) is 1. The first-order valence-electron chi connectivity index (χ1n) is 5.21. The Kier molecular flexibility index (Phi) is 5.21. The van der Waals surface area contributed by atoms with Crippen molar-refractivity contribution in [3.05, 3.63) is 27.8 Å². The topological polar surface area (TPSA) is 40.5 Å². The van der Waals surface area contributed by atoms with Gasteiger partial charge in [0.05, 0.1) is 5.69 Å². The smallest absolute Gasteiger partial charge is 0.229 e. The van der Waals surface area contributed by atoms with Gasteiger partial charge in [-0.05, 0) is 41.1 Å². The number of carbonyl (C=O) groups excluding carboxylic acids is 1. The minimum absolute atomic E-state index is 0.0400. The maximum Gasteiger partial charge on any atom is 0.229 e. The van der Waals surface area contributed by atoms with Crippen LogP contribution in [0.3, 0.4) is 0 Å². The molecule has 0 saturated carbocycles. The number of halogens is 1. The predicted octanol–water partition coefficient (Wildman–Crippen LogP) is 2.27. The van der Waals surface area contributed by atoms with Crippen LogP contribution in [0.5, 0.6) is 0 Å². The van der Waals surface area contributed by atoms with Crippen LogP contribution in [-0.2, 0) is 4.79 Å². The first kappa shape index (κ1) is 13.4. The number of amides is 1. The van der Waals surface area contributed by atoms with E-state index in [0.717, 1.165) is 9.26 Å². The van der Waals surface area contributed by atoms with Gasteiger partial charge in [0.1, 0.15) is 0 Å². The molecule has 1 atom stereocenters. The number of rotatable bonds is 4. The lowest BCUT2D eigenvalue weighted by atomic mass is 10.1. The number of benzene rings is 1. The number of para-hydroxylation sites is 1. The molecule has 0 aromatic heterocycles. The number of nitrogens with zero attached hydrogens (tertiary/aromatic N) is 1. The predicted molar refractivity (Wildman–Crippen MR) is 73.4 cm³/mol. The summed E-state index contributed by atoms with van der Waals surface area (Å²) in [4.78, 5) is 13.7. The van der Waals surface area contributed by atoms with Crippen molar-refractivity contribution in [3.63, 3.8) is 0 Å². The van der Waals surface area contributed by atoms with Gasteiger partial charge in [-0.2, -0.15) is 0 Å². The van der Waals surface area contributed by atoms with Gasteiger partial charge in [0, 0.05) is 23.1 Å². The SMILES string of the molecule is CC(CCO)C(=O)N(C)c1ccccc1I. The second kappa shape index (κ2) is 6.20. The third-order valence-electron chi connectivity index (χ3n) is 2.53. The lowest BCUT2D eigenvalue weighted by Gasteiger charge is -2.22. The second-order valence-electron chi connectivity index (χ2n) is 3.76. The molecule has 0 spiro atoms. The van der Waals surface area contributed by atoms with Crippen molar-refractivity contribution in [1.82, 2.24) is 0 Å². The molecule has 88 valence electrons. The Bertz CT molecular complexity index is 368. The van der Waals surface area contributed by atoms with E-state index in [9.17, 15) is 4.79 Å². The molecule has 0 aliphatic rings. The molecule has 0 heterocycles. The molecule has 0 bridgehead atoms. The highest BCUT2D eigenvalue weighted by atomic mass is 127. The van der Waals surface area contributed by atoms with Crippen molar-refractivity contribution in [2.75, 3.05) is 18.6 Å². The van der Waals surface area contributed by atoms with Gasteiger partial charge in [0.15, 0.2) is 0 Å². The third kappa shape index (κ3) is 3.18. The van der Waals surface area contributed by atoms with Gasteiger partial charge < -0.3 is 10.0 Å². The van der Waals surface area contributed by atoms with Crippen LogP contribution in [0.1, 0.15) is 13.3 Å². The lowest BCUT2D eigenvalue weighted by molar-refractivity contribution is -0.122. The molecule has 1 aromatic carbocycles. The van der Waals surface area contributed by atoms with Crippen LogP contribution in [-0.4, -0.2) is 24.7 Å². The number of aliphatic hydroxyl groups excluding tert-OH is 1. The van der Waals surface area contributed by atoms with E-state index in [-0.39, 0.29) is 18.4 Å². The fourth-order valence-corrected chi connectivity index (χ4v) is 2.24. The van der Waals surface area contributed by atoms with Crippen molar-refractivity contribution in [2.24, 2.45) is 5.92 Å². The summed E-state index contributed by atoms with van der Waals surface area (Å²) in [6.45, 7) is 1.89. The highest BCUT2D eigenvalue weighted by Crippen LogP contribution is 2.22. The normalized spacial score (nSPS) is 12.2. The molecule has 1 amide bonds. The van der Waals surface area contributed by atoms with E-state index in [1.807, 2.05) is 31.2 Å². The zero-order valence-corrected chi connectivity index (χ0v) is 11.6. The molecule has 0 aliphatic heterocycles. The van der Waals surface area contributed by atoms with Crippen molar-refractivity contribution in [2.45, 2.75) is 13.3 Å². The van der Waals surface area contributed by atoms with Crippen molar-refractivity contribution in [3.8, 4) is 0 Å². The molecule has 3 nitrogen and oxygen atoms in total. The van der Waals surface area contributed by atoms with E-state index in [4.69, 9.17) is 5.11 Å². The lowest BCUT2D eigenvalue weighted by Crippen LogP contribution is -2.32. The Morgan fingerprint density at radius 1 is 1.50 bits per heavy atom. The van der Waals surface area contributed by atoms with Gasteiger partial charge in [0.2, 0.25) is 5.91 Å². The van der Waals surface area contributed by atoms with Crippen molar-refractivity contribution in [1.29, 1.82) is 0 Å². The highest BCUT2D eigenvalue weighted by molar-refractivity contribution is 14.1. The van der Waals surface area contributed by atoms with E-state index < -0.39 is 0 Å². The summed E-state index contributed by atoms with van der Waals surface area (Å²) in [5, 5.41) is 8.82. The Morgan fingerprint density at radius 2 is 2.12 bits per heavy atom. The maximum absolute atomic E-state index is 12.0. The van der Waals surface area contributed by atoms with Crippen LogP contribution < -0.4 is 4.90 Å². The molecule has 1 unspecified atom stereocenters. The fraction of sp³-hybridized carbons (Fsp3) is 0.417. The summed E-state index contributed by atoms with van der Waals surface area (Å²) in [5.41, 5.74) is 0.915. The molecule has 0 saturated heterocycles.